The number of fused-ring (bicyclic) bond motifs is 1. The molecule has 4 rings (SSSR count). The third kappa shape index (κ3) is 4.97. The molecule has 2 aromatic carbocycles. The lowest BCUT2D eigenvalue weighted by Crippen LogP contribution is -2.34. The zero-order chi connectivity index (χ0) is 21.6. The molecule has 31 heavy (non-hydrogen) atoms. The van der Waals surface area contributed by atoms with Gasteiger partial charge in [-0.15, -0.1) is 0 Å². The Morgan fingerprint density at radius 1 is 1.10 bits per heavy atom. The Hall–Kier alpha value is -3.52. The standard InChI is InChI=1S/C23H20FN3O3S/c1-2-29-19-6-3-7-20-22(19)26-23(31-20)27(14-16-5-4-12-25-13-16)21(28)15-30-18-10-8-17(24)9-11-18/h3-13H,2,14-15H2,1H3. The summed E-state index contributed by atoms with van der Waals surface area (Å²) in [6, 6.07) is 15.0. The number of anilines is 1. The second-order valence-electron chi connectivity index (χ2n) is 6.62. The number of ether oxygens (including phenoxy) is 2. The minimum atomic E-state index is -0.364. The maximum atomic E-state index is 13.1. The van der Waals surface area contributed by atoms with Gasteiger partial charge in [0.15, 0.2) is 11.7 Å². The highest BCUT2D eigenvalue weighted by Gasteiger charge is 2.22. The molecule has 158 valence electrons. The van der Waals surface area contributed by atoms with Crippen molar-refractivity contribution in [2.75, 3.05) is 18.1 Å². The fourth-order valence-electron chi connectivity index (χ4n) is 2.99. The minimum absolute atomic E-state index is 0.208. The minimum Gasteiger partial charge on any atom is -0.492 e. The smallest absolute Gasteiger partial charge is 0.267 e. The Bertz CT molecular complexity index is 1170. The van der Waals surface area contributed by atoms with E-state index in [2.05, 4.69) is 9.97 Å². The van der Waals surface area contributed by atoms with Gasteiger partial charge in [0.05, 0.1) is 17.9 Å². The molecule has 0 N–H and O–H groups in total. The van der Waals surface area contributed by atoms with Crippen LogP contribution in [0.3, 0.4) is 0 Å². The topological polar surface area (TPSA) is 64.5 Å². The van der Waals surface area contributed by atoms with Gasteiger partial charge in [0, 0.05) is 12.4 Å². The predicted octanol–water partition coefficient (Wildman–Crippen LogP) is 4.84. The second-order valence-corrected chi connectivity index (χ2v) is 7.63. The molecule has 8 heteroatoms. The van der Waals surface area contributed by atoms with E-state index in [0.29, 0.717) is 35.3 Å². The number of para-hydroxylation sites is 1. The zero-order valence-corrected chi connectivity index (χ0v) is 17.6. The Kier molecular flexibility index (Phi) is 6.37. The summed E-state index contributed by atoms with van der Waals surface area (Å²) in [4.78, 5) is 23.5. The number of halogens is 1. The van der Waals surface area contributed by atoms with Gasteiger partial charge in [-0.3, -0.25) is 14.7 Å². The van der Waals surface area contributed by atoms with Gasteiger partial charge in [0.1, 0.15) is 22.8 Å². The molecule has 2 heterocycles. The van der Waals surface area contributed by atoms with Gasteiger partial charge in [-0.1, -0.05) is 23.5 Å². The van der Waals surface area contributed by atoms with Crippen LogP contribution in [0.15, 0.2) is 67.0 Å². The molecule has 0 aliphatic carbocycles. The number of pyridine rings is 1. The maximum Gasteiger partial charge on any atom is 0.267 e. The summed E-state index contributed by atoms with van der Waals surface area (Å²) in [6.45, 7) is 2.52. The number of amides is 1. The second kappa shape index (κ2) is 9.53. The van der Waals surface area contributed by atoms with Crippen molar-refractivity contribution in [3.05, 3.63) is 78.4 Å². The number of hydrogen-bond donors (Lipinski definition) is 0. The molecule has 6 nitrogen and oxygen atoms in total. The van der Waals surface area contributed by atoms with E-state index in [1.54, 1.807) is 17.3 Å². The number of carbonyl (C=O) groups is 1. The summed E-state index contributed by atoms with van der Waals surface area (Å²) in [6.07, 6.45) is 3.39. The van der Waals surface area contributed by atoms with Gasteiger partial charge < -0.3 is 9.47 Å². The number of benzene rings is 2. The Morgan fingerprint density at radius 3 is 2.68 bits per heavy atom. The van der Waals surface area contributed by atoms with Crippen LogP contribution in [0.1, 0.15) is 12.5 Å². The number of thiazole rings is 1. The molecular formula is C23H20FN3O3S. The molecule has 1 amide bonds. The molecule has 0 atom stereocenters. The molecule has 0 bridgehead atoms. The average Bonchev–Trinajstić information content (AvgIpc) is 3.23. The van der Waals surface area contributed by atoms with Crippen LogP contribution in [0, 0.1) is 5.82 Å². The highest BCUT2D eigenvalue weighted by Crippen LogP contribution is 2.35. The van der Waals surface area contributed by atoms with E-state index in [0.717, 1.165) is 10.3 Å². The van der Waals surface area contributed by atoms with Crippen LogP contribution in [-0.4, -0.2) is 29.1 Å². The van der Waals surface area contributed by atoms with Crippen molar-refractivity contribution in [2.45, 2.75) is 13.5 Å². The average molecular weight is 437 g/mol. The highest BCUT2D eigenvalue weighted by atomic mass is 32.1. The molecule has 0 saturated heterocycles. The molecule has 0 saturated carbocycles. The van der Waals surface area contributed by atoms with Crippen molar-refractivity contribution in [3.8, 4) is 11.5 Å². The largest absolute Gasteiger partial charge is 0.492 e. The summed E-state index contributed by atoms with van der Waals surface area (Å²) in [5.74, 6) is 0.458. The maximum absolute atomic E-state index is 13.1. The molecule has 0 aliphatic rings. The lowest BCUT2D eigenvalue weighted by molar-refractivity contribution is -0.120. The van der Waals surface area contributed by atoms with Gasteiger partial charge in [0.25, 0.3) is 5.91 Å². The first kappa shape index (κ1) is 20.7. The van der Waals surface area contributed by atoms with Crippen LogP contribution in [-0.2, 0) is 11.3 Å². The number of carbonyl (C=O) groups excluding carboxylic acids is 1. The summed E-state index contributed by atoms with van der Waals surface area (Å²) in [5, 5.41) is 0.540. The predicted molar refractivity (Wildman–Crippen MR) is 118 cm³/mol. The van der Waals surface area contributed by atoms with Crippen molar-refractivity contribution in [2.24, 2.45) is 0 Å². The number of nitrogens with zero attached hydrogens (tertiary/aromatic N) is 3. The highest BCUT2D eigenvalue weighted by molar-refractivity contribution is 7.22. The molecule has 0 fully saturated rings. The monoisotopic (exact) mass is 437 g/mol. The summed E-state index contributed by atoms with van der Waals surface area (Å²) >= 11 is 1.41. The van der Waals surface area contributed by atoms with Crippen LogP contribution in [0.5, 0.6) is 11.5 Å². The number of aromatic nitrogens is 2. The van der Waals surface area contributed by atoms with Gasteiger partial charge in [-0.25, -0.2) is 9.37 Å². The van der Waals surface area contributed by atoms with Crippen LogP contribution in [0.2, 0.25) is 0 Å². The van der Waals surface area contributed by atoms with E-state index in [1.165, 1.54) is 35.6 Å². The SMILES string of the molecule is CCOc1cccc2sc(N(Cc3cccnc3)C(=O)COc3ccc(F)cc3)nc12. The van der Waals surface area contributed by atoms with Gasteiger partial charge in [-0.05, 0) is 55.0 Å². The van der Waals surface area contributed by atoms with Crippen molar-refractivity contribution >= 4 is 32.6 Å². The lowest BCUT2D eigenvalue weighted by atomic mass is 10.2. The third-order valence-electron chi connectivity index (χ3n) is 4.44. The first-order valence-corrected chi connectivity index (χ1v) is 10.6. The normalized spacial score (nSPS) is 10.8. The Labute approximate surface area is 182 Å². The lowest BCUT2D eigenvalue weighted by Gasteiger charge is -2.20. The van der Waals surface area contributed by atoms with E-state index < -0.39 is 0 Å². The van der Waals surface area contributed by atoms with Crippen LogP contribution in [0.25, 0.3) is 10.2 Å². The first-order chi connectivity index (χ1) is 15.1. The summed E-state index contributed by atoms with van der Waals surface area (Å²) < 4.78 is 25.3. The van der Waals surface area contributed by atoms with E-state index in [-0.39, 0.29) is 18.3 Å². The summed E-state index contributed by atoms with van der Waals surface area (Å²) in [7, 11) is 0. The van der Waals surface area contributed by atoms with Crippen molar-refractivity contribution in [1.29, 1.82) is 0 Å². The Balaban J connectivity index is 1.62. The van der Waals surface area contributed by atoms with Gasteiger partial charge >= 0.3 is 0 Å². The van der Waals surface area contributed by atoms with Crippen molar-refractivity contribution in [1.82, 2.24) is 9.97 Å². The molecule has 0 unspecified atom stereocenters. The van der Waals surface area contributed by atoms with Gasteiger partial charge in [-0.2, -0.15) is 0 Å². The number of hydrogen-bond acceptors (Lipinski definition) is 6. The molecule has 0 aliphatic heterocycles. The molecular weight excluding hydrogens is 417 g/mol. The molecule has 0 radical (unpaired) electrons. The van der Waals surface area contributed by atoms with E-state index in [9.17, 15) is 9.18 Å². The summed E-state index contributed by atoms with van der Waals surface area (Å²) in [5.41, 5.74) is 1.58. The van der Waals surface area contributed by atoms with Crippen molar-refractivity contribution in [3.63, 3.8) is 0 Å². The van der Waals surface area contributed by atoms with Crippen LogP contribution >= 0.6 is 11.3 Å². The van der Waals surface area contributed by atoms with Crippen molar-refractivity contribution < 1.29 is 18.7 Å². The fourth-order valence-corrected chi connectivity index (χ4v) is 3.99. The fraction of sp³-hybridized carbons (Fsp3) is 0.174. The van der Waals surface area contributed by atoms with Gasteiger partial charge in [0.2, 0.25) is 0 Å². The molecule has 0 spiro atoms. The Morgan fingerprint density at radius 2 is 1.94 bits per heavy atom. The molecule has 4 aromatic rings. The van der Waals surface area contributed by atoms with E-state index in [1.807, 2.05) is 37.3 Å². The quantitative estimate of drug-likeness (QED) is 0.395. The van der Waals surface area contributed by atoms with E-state index >= 15 is 0 Å². The zero-order valence-electron chi connectivity index (χ0n) is 16.8. The first-order valence-electron chi connectivity index (χ1n) is 9.74. The van der Waals surface area contributed by atoms with Crippen LogP contribution < -0.4 is 14.4 Å². The number of rotatable bonds is 8. The van der Waals surface area contributed by atoms with Crippen LogP contribution in [0.4, 0.5) is 9.52 Å². The molecule has 2 aromatic heterocycles. The third-order valence-corrected chi connectivity index (χ3v) is 5.49. The van der Waals surface area contributed by atoms with E-state index in [4.69, 9.17) is 9.47 Å².